The second-order valence-electron chi connectivity index (χ2n) is 3.31. The van der Waals surface area contributed by atoms with Crippen molar-refractivity contribution in [2.45, 2.75) is 13.0 Å². The van der Waals surface area contributed by atoms with Gasteiger partial charge in [0.15, 0.2) is 0 Å². The number of aliphatic hydroxyl groups excluding tert-OH is 1. The molecule has 17 heavy (non-hydrogen) atoms. The third kappa shape index (κ3) is 6.15. The van der Waals surface area contributed by atoms with Crippen molar-refractivity contribution in [1.29, 1.82) is 0 Å². The Balaban J connectivity index is 2.05. The van der Waals surface area contributed by atoms with Crippen molar-refractivity contribution in [3.05, 3.63) is 18.1 Å². The molecule has 0 saturated carbocycles. The lowest BCUT2D eigenvalue weighted by Gasteiger charge is -2.06. The molecule has 0 fully saturated rings. The molecular formula is C11H18N2O4. The summed E-state index contributed by atoms with van der Waals surface area (Å²) in [5.74, 6) is 0.433. The summed E-state index contributed by atoms with van der Waals surface area (Å²) in [6.45, 7) is 2.18. The van der Waals surface area contributed by atoms with Gasteiger partial charge in [0, 0.05) is 20.3 Å². The predicted molar refractivity (Wildman–Crippen MR) is 60.8 cm³/mol. The number of hydrogen-bond acceptors (Lipinski definition) is 6. The first kappa shape index (κ1) is 13.8. The lowest BCUT2D eigenvalue weighted by molar-refractivity contribution is 0.0794. The van der Waals surface area contributed by atoms with Crippen LogP contribution in [0.25, 0.3) is 0 Å². The Morgan fingerprint density at radius 2 is 2.00 bits per heavy atom. The molecule has 1 N–H and O–H groups in total. The number of aromatic nitrogens is 2. The first-order valence-electron chi connectivity index (χ1n) is 5.48. The van der Waals surface area contributed by atoms with Gasteiger partial charge >= 0.3 is 0 Å². The van der Waals surface area contributed by atoms with Gasteiger partial charge in [0.1, 0.15) is 6.61 Å². The van der Waals surface area contributed by atoms with Gasteiger partial charge in [-0.15, -0.1) is 0 Å². The second kappa shape index (κ2) is 8.86. The summed E-state index contributed by atoms with van der Waals surface area (Å²) in [6, 6.07) is 0. The van der Waals surface area contributed by atoms with Crippen LogP contribution in [0.2, 0.25) is 0 Å². The fourth-order valence-corrected chi connectivity index (χ4v) is 1.11. The molecule has 6 nitrogen and oxygen atoms in total. The average molecular weight is 242 g/mol. The summed E-state index contributed by atoms with van der Waals surface area (Å²) in [7, 11) is 1.66. The number of nitrogens with zero attached hydrogens (tertiary/aromatic N) is 2. The Bertz CT molecular complexity index is 292. The Morgan fingerprint density at radius 3 is 2.65 bits per heavy atom. The summed E-state index contributed by atoms with van der Waals surface area (Å²) in [5.41, 5.74) is 0.521. The maximum atomic E-state index is 8.77. The molecule has 0 radical (unpaired) electrons. The van der Waals surface area contributed by atoms with Crippen LogP contribution in [-0.4, -0.2) is 48.6 Å². The van der Waals surface area contributed by atoms with Crippen LogP contribution in [0.1, 0.15) is 12.1 Å². The molecule has 1 heterocycles. The molecule has 0 spiro atoms. The Labute approximate surface area is 101 Å². The largest absolute Gasteiger partial charge is 0.474 e. The van der Waals surface area contributed by atoms with Crippen LogP contribution in [0.3, 0.4) is 0 Å². The maximum absolute atomic E-state index is 8.77. The van der Waals surface area contributed by atoms with E-state index in [-0.39, 0.29) is 6.61 Å². The van der Waals surface area contributed by atoms with E-state index >= 15 is 0 Å². The molecule has 0 aliphatic carbocycles. The number of methoxy groups -OCH3 is 1. The van der Waals surface area contributed by atoms with Crippen LogP contribution in [0.5, 0.6) is 5.88 Å². The predicted octanol–water partition coefficient (Wildman–Crippen LogP) is 0.401. The monoisotopic (exact) mass is 242 g/mol. The van der Waals surface area contributed by atoms with Crippen molar-refractivity contribution in [3.8, 4) is 5.88 Å². The first-order chi connectivity index (χ1) is 8.36. The van der Waals surface area contributed by atoms with E-state index in [0.29, 0.717) is 38.0 Å². The van der Waals surface area contributed by atoms with Gasteiger partial charge in [0.2, 0.25) is 5.88 Å². The highest BCUT2D eigenvalue weighted by atomic mass is 16.5. The van der Waals surface area contributed by atoms with Crippen LogP contribution in [0, 0.1) is 0 Å². The molecular weight excluding hydrogens is 224 g/mol. The van der Waals surface area contributed by atoms with Gasteiger partial charge in [-0.3, -0.25) is 4.98 Å². The molecule has 0 bridgehead atoms. The third-order valence-corrected chi connectivity index (χ3v) is 1.96. The normalized spacial score (nSPS) is 10.5. The van der Waals surface area contributed by atoms with E-state index in [0.717, 1.165) is 6.42 Å². The fraction of sp³-hybridized carbons (Fsp3) is 0.636. The van der Waals surface area contributed by atoms with Gasteiger partial charge < -0.3 is 19.3 Å². The molecule has 1 aromatic heterocycles. The van der Waals surface area contributed by atoms with E-state index in [4.69, 9.17) is 19.3 Å². The summed E-state index contributed by atoms with van der Waals surface area (Å²) >= 11 is 0. The molecule has 0 unspecified atom stereocenters. The second-order valence-corrected chi connectivity index (χ2v) is 3.31. The molecule has 0 aliphatic heterocycles. The summed E-state index contributed by atoms with van der Waals surface area (Å²) in [4.78, 5) is 7.92. The summed E-state index contributed by atoms with van der Waals surface area (Å²) in [6.07, 6.45) is 3.84. The smallest absolute Gasteiger partial charge is 0.232 e. The minimum absolute atomic E-state index is 0.115. The zero-order chi connectivity index (χ0) is 12.3. The lowest BCUT2D eigenvalue weighted by atomic mass is 10.5. The number of rotatable bonds is 9. The highest BCUT2D eigenvalue weighted by Crippen LogP contribution is 2.03. The van der Waals surface area contributed by atoms with Crippen LogP contribution < -0.4 is 4.74 Å². The quantitative estimate of drug-likeness (QED) is 0.632. The van der Waals surface area contributed by atoms with E-state index in [1.54, 1.807) is 7.11 Å². The molecule has 1 rings (SSSR count). The van der Waals surface area contributed by atoms with Crippen molar-refractivity contribution < 1.29 is 19.3 Å². The van der Waals surface area contributed by atoms with Crippen molar-refractivity contribution in [2.75, 3.05) is 33.5 Å². The van der Waals surface area contributed by atoms with E-state index < -0.39 is 0 Å². The third-order valence-electron chi connectivity index (χ3n) is 1.96. The molecule has 96 valence electrons. The van der Waals surface area contributed by atoms with Crippen LogP contribution >= 0.6 is 0 Å². The Hall–Kier alpha value is -1.24. The van der Waals surface area contributed by atoms with E-state index in [1.807, 2.05) is 0 Å². The van der Waals surface area contributed by atoms with Crippen molar-refractivity contribution >= 4 is 0 Å². The average Bonchev–Trinajstić information content (AvgIpc) is 2.38. The Morgan fingerprint density at radius 1 is 1.12 bits per heavy atom. The van der Waals surface area contributed by atoms with E-state index in [9.17, 15) is 0 Å². The highest BCUT2D eigenvalue weighted by Gasteiger charge is 1.97. The summed E-state index contributed by atoms with van der Waals surface area (Å²) in [5, 5.41) is 8.77. The molecule has 0 amide bonds. The van der Waals surface area contributed by atoms with Crippen molar-refractivity contribution in [3.63, 3.8) is 0 Å². The molecule has 1 aromatic rings. The van der Waals surface area contributed by atoms with Crippen LogP contribution in [-0.2, 0) is 16.1 Å². The standard InChI is InChI=1S/C11H18N2O4/c1-15-3-2-4-16-5-6-17-11-8-12-10(9-14)7-13-11/h7-8,14H,2-6,9H2,1H3. The topological polar surface area (TPSA) is 73.7 Å². The number of aliphatic hydroxyl groups is 1. The van der Waals surface area contributed by atoms with Crippen molar-refractivity contribution in [2.24, 2.45) is 0 Å². The SMILES string of the molecule is COCCCOCCOc1cnc(CO)cn1. The van der Waals surface area contributed by atoms with Crippen molar-refractivity contribution in [1.82, 2.24) is 9.97 Å². The lowest BCUT2D eigenvalue weighted by Crippen LogP contribution is -2.09. The van der Waals surface area contributed by atoms with Gasteiger partial charge in [-0.2, -0.15) is 0 Å². The van der Waals surface area contributed by atoms with Crippen LogP contribution in [0.15, 0.2) is 12.4 Å². The molecule has 0 atom stereocenters. The number of ether oxygens (including phenoxy) is 3. The molecule has 0 saturated heterocycles. The van der Waals surface area contributed by atoms with E-state index in [2.05, 4.69) is 9.97 Å². The first-order valence-corrected chi connectivity index (χ1v) is 5.48. The van der Waals surface area contributed by atoms with Gasteiger partial charge in [-0.1, -0.05) is 0 Å². The Kier molecular flexibility index (Phi) is 7.20. The van der Waals surface area contributed by atoms with Gasteiger partial charge in [0.05, 0.1) is 31.3 Å². The highest BCUT2D eigenvalue weighted by molar-refractivity contribution is 5.06. The zero-order valence-corrected chi connectivity index (χ0v) is 9.96. The van der Waals surface area contributed by atoms with Gasteiger partial charge in [-0.05, 0) is 6.42 Å². The van der Waals surface area contributed by atoms with Crippen LogP contribution in [0.4, 0.5) is 0 Å². The summed E-state index contributed by atoms with van der Waals surface area (Å²) < 4.78 is 15.5. The fourth-order valence-electron chi connectivity index (χ4n) is 1.11. The molecule has 6 heteroatoms. The van der Waals surface area contributed by atoms with Gasteiger partial charge in [-0.25, -0.2) is 4.98 Å². The van der Waals surface area contributed by atoms with Gasteiger partial charge in [0.25, 0.3) is 0 Å². The minimum atomic E-state index is -0.115. The maximum Gasteiger partial charge on any atom is 0.232 e. The molecule has 0 aromatic carbocycles. The number of hydrogen-bond donors (Lipinski definition) is 1. The molecule has 0 aliphatic rings. The minimum Gasteiger partial charge on any atom is -0.474 e. The zero-order valence-electron chi connectivity index (χ0n) is 9.96. The van der Waals surface area contributed by atoms with E-state index in [1.165, 1.54) is 12.4 Å².